The number of amides is 1. The van der Waals surface area contributed by atoms with Crippen LogP contribution >= 0.6 is 0 Å². The maximum absolute atomic E-state index is 12.6. The lowest BCUT2D eigenvalue weighted by molar-refractivity contribution is -0.192. The van der Waals surface area contributed by atoms with Crippen LogP contribution in [0.2, 0.25) is 0 Å². The molecule has 5 rings (SSSR count). The molecule has 1 aromatic carbocycles. The molecule has 35 heavy (non-hydrogen) atoms. The van der Waals surface area contributed by atoms with Crippen LogP contribution in [0.3, 0.4) is 0 Å². The molecule has 2 N–H and O–H groups in total. The topological polar surface area (TPSA) is 115 Å². The Morgan fingerprint density at radius 1 is 1.09 bits per heavy atom. The van der Waals surface area contributed by atoms with E-state index < -0.39 is 12.1 Å². The maximum atomic E-state index is 12.6. The number of hydrogen-bond donors (Lipinski definition) is 2. The monoisotopic (exact) mass is 486 g/mol. The molecule has 1 amide bonds. The number of pyridine rings is 1. The number of nitrogens with one attached hydrogen (secondary N) is 1. The zero-order valence-corrected chi connectivity index (χ0v) is 18.3. The number of carboxylic acid groups (broad SMARTS) is 1. The SMILES string of the molecule is O=C(Cn1ccc(-c2cccnc2)n1)Nc1nn(CC2CC2)c2ccccc12.O=C(O)C(F)(F)F. The minimum absolute atomic E-state index is 0.129. The molecule has 1 aliphatic carbocycles. The Hall–Kier alpha value is -4.22. The smallest absolute Gasteiger partial charge is 0.475 e. The number of aliphatic carboxylic acids is 1. The van der Waals surface area contributed by atoms with Gasteiger partial charge in [0, 0.05) is 36.1 Å². The number of aromatic nitrogens is 5. The van der Waals surface area contributed by atoms with Crippen LogP contribution in [0.1, 0.15) is 12.8 Å². The van der Waals surface area contributed by atoms with E-state index in [9.17, 15) is 18.0 Å². The third kappa shape index (κ3) is 6.22. The highest BCUT2D eigenvalue weighted by atomic mass is 19.4. The van der Waals surface area contributed by atoms with Gasteiger partial charge in [0.05, 0.1) is 11.2 Å². The Kier molecular flexibility index (Phi) is 6.80. The molecule has 3 heterocycles. The number of carboxylic acids is 1. The van der Waals surface area contributed by atoms with Gasteiger partial charge >= 0.3 is 12.1 Å². The Bertz CT molecular complexity index is 1330. The van der Waals surface area contributed by atoms with E-state index in [-0.39, 0.29) is 12.5 Å². The second-order valence-corrected chi connectivity index (χ2v) is 7.98. The number of para-hydroxylation sites is 1. The third-order valence-corrected chi connectivity index (χ3v) is 5.19. The van der Waals surface area contributed by atoms with Gasteiger partial charge in [0.25, 0.3) is 0 Å². The summed E-state index contributed by atoms with van der Waals surface area (Å²) in [6.45, 7) is 1.04. The highest BCUT2D eigenvalue weighted by Gasteiger charge is 2.38. The number of fused-ring (bicyclic) bond motifs is 1. The van der Waals surface area contributed by atoms with Crippen molar-refractivity contribution in [1.29, 1.82) is 0 Å². The average Bonchev–Trinajstić information content (AvgIpc) is 3.42. The first kappa shape index (κ1) is 23.9. The van der Waals surface area contributed by atoms with E-state index in [2.05, 4.69) is 20.5 Å². The fourth-order valence-electron chi connectivity index (χ4n) is 3.34. The summed E-state index contributed by atoms with van der Waals surface area (Å²) in [6.07, 6.45) is 2.71. The van der Waals surface area contributed by atoms with Gasteiger partial charge in [0.1, 0.15) is 6.54 Å². The van der Waals surface area contributed by atoms with Crippen LogP contribution in [0.4, 0.5) is 19.0 Å². The molecule has 1 aliphatic rings. The average molecular weight is 486 g/mol. The van der Waals surface area contributed by atoms with Gasteiger partial charge in [-0.05, 0) is 49.1 Å². The summed E-state index contributed by atoms with van der Waals surface area (Å²) in [6, 6.07) is 13.7. The molecule has 3 aromatic heterocycles. The normalized spacial score (nSPS) is 13.2. The van der Waals surface area contributed by atoms with Crippen molar-refractivity contribution in [2.24, 2.45) is 5.92 Å². The molecule has 4 aromatic rings. The molecule has 0 bridgehead atoms. The van der Waals surface area contributed by atoms with Crippen LogP contribution in [0.25, 0.3) is 22.2 Å². The largest absolute Gasteiger partial charge is 0.490 e. The van der Waals surface area contributed by atoms with Gasteiger partial charge in [0.2, 0.25) is 5.91 Å². The van der Waals surface area contributed by atoms with Crippen LogP contribution in [0, 0.1) is 5.92 Å². The highest BCUT2D eigenvalue weighted by molar-refractivity contribution is 5.99. The molecular weight excluding hydrogens is 465 g/mol. The lowest BCUT2D eigenvalue weighted by Gasteiger charge is -2.03. The second kappa shape index (κ2) is 9.95. The first-order chi connectivity index (χ1) is 16.7. The van der Waals surface area contributed by atoms with Crippen molar-refractivity contribution in [2.45, 2.75) is 32.1 Å². The Morgan fingerprint density at radius 2 is 1.83 bits per heavy atom. The van der Waals surface area contributed by atoms with Crippen LogP contribution in [0.5, 0.6) is 0 Å². The molecule has 182 valence electrons. The number of halogens is 3. The van der Waals surface area contributed by atoms with Gasteiger partial charge in [-0.15, -0.1) is 0 Å². The fraction of sp³-hybridized carbons (Fsp3) is 0.261. The molecule has 12 heteroatoms. The van der Waals surface area contributed by atoms with E-state index in [1.165, 1.54) is 12.8 Å². The minimum atomic E-state index is -5.08. The minimum Gasteiger partial charge on any atom is -0.475 e. The summed E-state index contributed by atoms with van der Waals surface area (Å²) in [4.78, 5) is 25.6. The van der Waals surface area contributed by atoms with Crippen LogP contribution < -0.4 is 5.32 Å². The van der Waals surface area contributed by atoms with E-state index in [0.717, 1.165) is 28.7 Å². The molecule has 0 unspecified atom stereocenters. The first-order valence-corrected chi connectivity index (χ1v) is 10.7. The van der Waals surface area contributed by atoms with E-state index >= 15 is 0 Å². The van der Waals surface area contributed by atoms with Crippen molar-refractivity contribution in [1.82, 2.24) is 24.5 Å². The lowest BCUT2D eigenvalue weighted by atomic mass is 10.2. The third-order valence-electron chi connectivity index (χ3n) is 5.19. The van der Waals surface area contributed by atoms with E-state index in [4.69, 9.17) is 9.90 Å². The van der Waals surface area contributed by atoms with Gasteiger partial charge in [-0.2, -0.15) is 23.4 Å². The summed E-state index contributed by atoms with van der Waals surface area (Å²) in [5.74, 6) is -1.59. The van der Waals surface area contributed by atoms with Crippen molar-refractivity contribution in [2.75, 3.05) is 5.32 Å². The standard InChI is InChI=1S/C21H20N6O.C2HF3O2/c28-20(14-26-11-9-18(24-26)16-4-3-10-22-12-16)23-21-17-5-1-2-6-19(17)27(25-21)13-15-7-8-15;3-2(4,5)1(6)7/h1-6,9-12,15H,7-8,13-14H2,(H,23,25,28);(H,6,7). The zero-order chi connectivity index (χ0) is 25.0. The van der Waals surface area contributed by atoms with Crippen LogP contribution in [0.15, 0.2) is 61.1 Å². The first-order valence-electron chi connectivity index (χ1n) is 10.7. The number of anilines is 1. The van der Waals surface area contributed by atoms with E-state index in [1.54, 1.807) is 23.3 Å². The van der Waals surface area contributed by atoms with Gasteiger partial charge in [0.15, 0.2) is 5.82 Å². The summed E-state index contributed by atoms with van der Waals surface area (Å²) < 4.78 is 35.4. The van der Waals surface area contributed by atoms with Gasteiger partial charge in [-0.1, -0.05) is 12.1 Å². The molecule has 9 nitrogen and oxygen atoms in total. The van der Waals surface area contributed by atoms with Crippen molar-refractivity contribution < 1.29 is 27.9 Å². The van der Waals surface area contributed by atoms with Crippen molar-refractivity contribution in [3.05, 3.63) is 61.1 Å². The lowest BCUT2D eigenvalue weighted by Crippen LogP contribution is -2.21. The number of carbonyl (C=O) groups is 2. The van der Waals surface area contributed by atoms with Gasteiger partial charge in [-0.25, -0.2) is 4.79 Å². The predicted molar refractivity (Wildman–Crippen MR) is 120 cm³/mol. The number of hydrogen-bond acceptors (Lipinski definition) is 5. The van der Waals surface area contributed by atoms with Crippen molar-refractivity contribution in [3.63, 3.8) is 0 Å². The predicted octanol–water partition coefficient (Wildman–Crippen LogP) is 3.98. The maximum Gasteiger partial charge on any atom is 0.490 e. The van der Waals surface area contributed by atoms with Gasteiger partial charge < -0.3 is 10.4 Å². The van der Waals surface area contributed by atoms with E-state index in [0.29, 0.717) is 11.7 Å². The van der Waals surface area contributed by atoms with Crippen molar-refractivity contribution in [3.8, 4) is 11.3 Å². The molecule has 1 saturated carbocycles. The Balaban J connectivity index is 0.000000364. The molecular formula is C23H21F3N6O3. The Labute approximate surface area is 197 Å². The molecule has 0 atom stereocenters. The molecule has 0 radical (unpaired) electrons. The quantitative estimate of drug-likeness (QED) is 0.426. The molecule has 1 fully saturated rings. The second-order valence-electron chi connectivity index (χ2n) is 7.98. The summed E-state index contributed by atoms with van der Waals surface area (Å²) in [5.41, 5.74) is 2.77. The number of nitrogens with zero attached hydrogens (tertiary/aromatic N) is 5. The molecule has 0 spiro atoms. The number of rotatable bonds is 6. The van der Waals surface area contributed by atoms with Crippen LogP contribution in [-0.4, -0.2) is 47.7 Å². The fourth-order valence-corrected chi connectivity index (χ4v) is 3.34. The zero-order valence-electron chi connectivity index (χ0n) is 18.3. The number of benzene rings is 1. The number of alkyl halides is 3. The van der Waals surface area contributed by atoms with Crippen LogP contribution in [-0.2, 0) is 22.7 Å². The van der Waals surface area contributed by atoms with E-state index in [1.807, 2.05) is 47.1 Å². The Morgan fingerprint density at radius 3 is 2.49 bits per heavy atom. The molecule has 0 aliphatic heterocycles. The number of carbonyl (C=O) groups excluding carboxylic acids is 1. The van der Waals surface area contributed by atoms with Gasteiger partial charge in [-0.3, -0.25) is 19.1 Å². The van der Waals surface area contributed by atoms with Crippen molar-refractivity contribution >= 4 is 28.6 Å². The molecule has 0 saturated heterocycles. The summed E-state index contributed by atoms with van der Waals surface area (Å²) >= 11 is 0. The summed E-state index contributed by atoms with van der Waals surface area (Å²) in [7, 11) is 0. The summed E-state index contributed by atoms with van der Waals surface area (Å²) in [5, 5.41) is 20.2. The highest BCUT2D eigenvalue weighted by Crippen LogP contribution is 2.32.